The number of nitrogens with zero attached hydrogens (tertiary/aromatic N) is 1. The SMILES string of the molecule is COC(=O)c1sc(C2CSC(C)C(C)S2)nc1C. The number of aromatic nitrogens is 1. The Morgan fingerprint density at radius 3 is 2.72 bits per heavy atom. The van der Waals surface area contributed by atoms with Crippen LogP contribution in [0.1, 0.15) is 39.5 Å². The van der Waals surface area contributed by atoms with E-state index in [4.69, 9.17) is 4.74 Å². The highest BCUT2D eigenvalue weighted by molar-refractivity contribution is 8.07. The zero-order chi connectivity index (χ0) is 13.3. The average molecular weight is 303 g/mol. The van der Waals surface area contributed by atoms with E-state index in [0.29, 0.717) is 20.6 Å². The first kappa shape index (κ1) is 14.2. The highest BCUT2D eigenvalue weighted by Gasteiger charge is 2.30. The predicted molar refractivity (Wildman–Crippen MR) is 79.9 cm³/mol. The molecule has 1 aromatic heterocycles. The summed E-state index contributed by atoms with van der Waals surface area (Å²) in [5, 5.41) is 2.78. The third-order valence-corrected chi connectivity index (χ3v) is 7.81. The van der Waals surface area contributed by atoms with Crippen molar-refractivity contribution in [2.75, 3.05) is 12.9 Å². The van der Waals surface area contributed by atoms with Crippen molar-refractivity contribution in [3.8, 4) is 0 Å². The number of thioether (sulfide) groups is 2. The molecule has 1 fully saturated rings. The van der Waals surface area contributed by atoms with Gasteiger partial charge in [0.1, 0.15) is 9.88 Å². The number of methoxy groups -OCH3 is 1. The van der Waals surface area contributed by atoms with Crippen LogP contribution >= 0.6 is 34.9 Å². The molecule has 3 nitrogen and oxygen atoms in total. The van der Waals surface area contributed by atoms with Gasteiger partial charge >= 0.3 is 5.97 Å². The first-order valence-corrected chi connectivity index (χ1v) is 8.66. The predicted octanol–water partition coefficient (Wildman–Crippen LogP) is 3.54. The Kier molecular flexibility index (Phi) is 4.61. The number of thiazole rings is 1. The summed E-state index contributed by atoms with van der Waals surface area (Å²) in [6.45, 7) is 6.40. The van der Waals surface area contributed by atoms with E-state index in [0.717, 1.165) is 16.5 Å². The largest absolute Gasteiger partial charge is 0.465 e. The fourth-order valence-corrected chi connectivity index (χ4v) is 5.93. The van der Waals surface area contributed by atoms with Crippen molar-refractivity contribution in [1.29, 1.82) is 0 Å². The van der Waals surface area contributed by atoms with Crippen LogP contribution in [0.25, 0.3) is 0 Å². The summed E-state index contributed by atoms with van der Waals surface area (Å²) in [7, 11) is 1.41. The van der Waals surface area contributed by atoms with Gasteiger partial charge in [-0.25, -0.2) is 9.78 Å². The van der Waals surface area contributed by atoms with E-state index in [2.05, 4.69) is 18.8 Å². The molecule has 0 bridgehead atoms. The number of carbonyl (C=O) groups is 1. The van der Waals surface area contributed by atoms with Crippen LogP contribution in [0.2, 0.25) is 0 Å². The summed E-state index contributed by atoms with van der Waals surface area (Å²) in [4.78, 5) is 16.8. The van der Waals surface area contributed by atoms with E-state index in [-0.39, 0.29) is 5.97 Å². The zero-order valence-corrected chi connectivity index (χ0v) is 13.4. The van der Waals surface area contributed by atoms with Gasteiger partial charge in [-0.3, -0.25) is 0 Å². The van der Waals surface area contributed by atoms with Crippen molar-refractivity contribution in [2.45, 2.75) is 36.5 Å². The maximum Gasteiger partial charge on any atom is 0.349 e. The molecule has 6 heteroatoms. The average Bonchev–Trinajstić information content (AvgIpc) is 2.74. The second-order valence-electron chi connectivity index (χ2n) is 4.33. The molecule has 0 saturated carbocycles. The molecule has 1 saturated heterocycles. The lowest BCUT2D eigenvalue weighted by molar-refractivity contribution is 0.0605. The molecule has 1 aliphatic rings. The number of carbonyl (C=O) groups excluding carboxylic acids is 1. The molecule has 0 amide bonds. The topological polar surface area (TPSA) is 39.2 Å². The van der Waals surface area contributed by atoms with Gasteiger partial charge in [0.15, 0.2) is 0 Å². The van der Waals surface area contributed by atoms with E-state index >= 15 is 0 Å². The molecule has 1 aliphatic heterocycles. The molecular weight excluding hydrogens is 286 g/mol. The summed E-state index contributed by atoms with van der Waals surface area (Å²) in [5.41, 5.74) is 0.790. The first-order chi connectivity index (χ1) is 8.52. The molecule has 100 valence electrons. The lowest BCUT2D eigenvalue weighted by Crippen LogP contribution is -2.21. The van der Waals surface area contributed by atoms with Crippen LogP contribution in [0.3, 0.4) is 0 Å². The maximum atomic E-state index is 11.6. The quantitative estimate of drug-likeness (QED) is 0.782. The molecule has 0 aromatic carbocycles. The van der Waals surface area contributed by atoms with Crippen molar-refractivity contribution < 1.29 is 9.53 Å². The fourth-order valence-electron chi connectivity index (χ4n) is 1.75. The molecule has 0 N–H and O–H groups in total. The molecular formula is C12H17NO2S3. The monoisotopic (exact) mass is 303 g/mol. The summed E-state index contributed by atoms with van der Waals surface area (Å²) < 4.78 is 4.78. The van der Waals surface area contributed by atoms with Gasteiger partial charge in [-0.2, -0.15) is 11.8 Å². The molecule has 0 radical (unpaired) electrons. The van der Waals surface area contributed by atoms with Gasteiger partial charge in [0.25, 0.3) is 0 Å². The smallest absolute Gasteiger partial charge is 0.349 e. The standard InChI is InChI=1S/C12H17NO2S3/c1-6-10(12(14)15-4)18-11(13-6)9-5-16-7(2)8(3)17-9/h7-9H,5H2,1-4H3. The highest BCUT2D eigenvalue weighted by atomic mass is 32.2. The van der Waals surface area contributed by atoms with Crippen LogP contribution < -0.4 is 0 Å². The third-order valence-electron chi connectivity index (χ3n) is 3.01. The Bertz CT molecular complexity index is 447. The third kappa shape index (κ3) is 2.86. The van der Waals surface area contributed by atoms with Crippen LogP contribution in [0.4, 0.5) is 0 Å². The van der Waals surface area contributed by atoms with Crippen molar-refractivity contribution >= 4 is 40.8 Å². The summed E-state index contributed by atoms with van der Waals surface area (Å²) in [6, 6.07) is 0. The molecule has 18 heavy (non-hydrogen) atoms. The van der Waals surface area contributed by atoms with E-state index in [1.54, 1.807) is 0 Å². The first-order valence-electron chi connectivity index (χ1n) is 5.85. The Morgan fingerprint density at radius 1 is 1.39 bits per heavy atom. The molecule has 0 spiro atoms. The van der Waals surface area contributed by atoms with Gasteiger partial charge in [-0.1, -0.05) is 13.8 Å². The minimum atomic E-state index is -0.272. The minimum Gasteiger partial charge on any atom is -0.465 e. The van der Waals surface area contributed by atoms with Crippen molar-refractivity contribution in [1.82, 2.24) is 4.98 Å². The van der Waals surface area contributed by atoms with Gasteiger partial charge in [0, 0.05) is 16.3 Å². The zero-order valence-electron chi connectivity index (χ0n) is 10.9. The lowest BCUT2D eigenvalue weighted by atomic mass is 10.4. The molecule has 2 heterocycles. The maximum absolute atomic E-state index is 11.6. The molecule has 2 rings (SSSR count). The van der Waals surface area contributed by atoms with Crippen molar-refractivity contribution in [3.05, 3.63) is 15.6 Å². The Hall–Kier alpha value is -0.200. The molecule has 0 aliphatic carbocycles. The second kappa shape index (κ2) is 5.84. The lowest BCUT2D eigenvalue weighted by Gasteiger charge is -2.30. The van der Waals surface area contributed by atoms with E-state index in [9.17, 15) is 4.79 Å². The number of hydrogen-bond acceptors (Lipinski definition) is 6. The van der Waals surface area contributed by atoms with Crippen molar-refractivity contribution in [3.63, 3.8) is 0 Å². The van der Waals surface area contributed by atoms with Crippen LogP contribution in [0, 0.1) is 6.92 Å². The van der Waals surface area contributed by atoms with Crippen LogP contribution in [0.5, 0.6) is 0 Å². The van der Waals surface area contributed by atoms with Crippen LogP contribution in [-0.2, 0) is 4.74 Å². The van der Waals surface area contributed by atoms with Crippen LogP contribution in [-0.4, -0.2) is 34.3 Å². The summed E-state index contributed by atoms with van der Waals surface area (Å²) in [5.74, 6) is 0.801. The van der Waals surface area contributed by atoms with Gasteiger partial charge in [-0.15, -0.1) is 23.1 Å². The van der Waals surface area contributed by atoms with Crippen molar-refractivity contribution in [2.24, 2.45) is 0 Å². The fraction of sp³-hybridized carbons (Fsp3) is 0.667. The number of ether oxygens (including phenoxy) is 1. The molecule has 3 atom stereocenters. The van der Waals surface area contributed by atoms with E-state index in [1.807, 2.05) is 30.4 Å². The van der Waals surface area contributed by atoms with E-state index in [1.165, 1.54) is 18.4 Å². The minimum absolute atomic E-state index is 0.272. The summed E-state index contributed by atoms with van der Waals surface area (Å²) in [6.07, 6.45) is 0. The normalized spacial score (nSPS) is 28.1. The number of hydrogen-bond donors (Lipinski definition) is 0. The number of esters is 1. The van der Waals surface area contributed by atoms with Gasteiger partial charge < -0.3 is 4.74 Å². The van der Waals surface area contributed by atoms with Gasteiger partial charge in [0.05, 0.1) is 18.1 Å². The molecule has 3 unspecified atom stereocenters. The van der Waals surface area contributed by atoms with Crippen LogP contribution in [0.15, 0.2) is 0 Å². The van der Waals surface area contributed by atoms with Gasteiger partial charge in [0.2, 0.25) is 0 Å². The number of rotatable bonds is 2. The second-order valence-corrected chi connectivity index (χ2v) is 8.35. The molecule has 1 aromatic rings. The Morgan fingerprint density at radius 2 is 2.11 bits per heavy atom. The van der Waals surface area contributed by atoms with Gasteiger partial charge in [-0.05, 0) is 6.92 Å². The Labute approximate surface area is 120 Å². The number of aryl methyl sites for hydroxylation is 1. The highest BCUT2D eigenvalue weighted by Crippen LogP contribution is 2.45. The Balaban J connectivity index is 2.17. The summed E-state index contributed by atoms with van der Waals surface area (Å²) >= 11 is 5.43. The van der Waals surface area contributed by atoms with E-state index < -0.39 is 0 Å².